The maximum Gasteiger partial charge on any atom is 0.313 e. The SMILES string of the molecule is CCC1C(=O)OCc2c1cc1n(c2=O)Cc2c-1nc1cc(F)c(C)c3c1c2C(NC(=O)CC(C)O)CC3. The van der Waals surface area contributed by atoms with Gasteiger partial charge in [0.25, 0.3) is 5.56 Å². The van der Waals surface area contributed by atoms with Crippen molar-refractivity contribution in [1.29, 1.82) is 0 Å². The van der Waals surface area contributed by atoms with E-state index in [2.05, 4.69) is 5.32 Å². The molecule has 0 saturated heterocycles. The van der Waals surface area contributed by atoms with Crippen molar-refractivity contribution >= 4 is 22.8 Å². The number of nitrogens with one attached hydrogen (secondary N) is 1. The number of ether oxygens (including phenoxy) is 1. The Morgan fingerprint density at radius 2 is 2.08 bits per heavy atom. The highest BCUT2D eigenvalue weighted by atomic mass is 19.1. The molecule has 0 bridgehead atoms. The molecule has 1 amide bonds. The number of halogens is 1. The Labute approximate surface area is 212 Å². The van der Waals surface area contributed by atoms with E-state index in [-0.39, 0.29) is 48.9 Å². The number of hydrogen-bond acceptors (Lipinski definition) is 6. The van der Waals surface area contributed by atoms with E-state index in [1.165, 1.54) is 6.07 Å². The Morgan fingerprint density at radius 1 is 1.30 bits per heavy atom. The van der Waals surface area contributed by atoms with Gasteiger partial charge in [-0.3, -0.25) is 14.4 Å². The minimum Gasteiger partial charge on any atom is -0.460 e. The fourth-order valence-corrected chi connectivity index (χ4v) is 6.24. The number of benzene rings is 1. The minimum absolute atomic E-state index is 0.0267. The molecule has 0 saturated carbocycles. The van der Waals surface area contributed by atoms with Gasteiger partial charge in [0.15, 0.2) is 0 Å². The number of nitrogens with zero attached hydrogens (tertiary/aromatic N) is 2. The fraction of sp³-hybridized carbons (Fsp3) is 0.429. The zero-order chi connectivity index (χ0) is 26.2. The van der Waals surface area contributed by atoms with Crippen molar-refractivity contribution in [2.75, 3.05) is 0 Å². The number of aliphatic hydroxyl groups is 1. The van der Waals surface area contributed by atoms with Gasteiger partial charge in [-0.15, -0.1) is 0 Å². The number of aromatic nitrogens is 2. The Bertz CT molecular complexity index is 1570. The van der Waals surface area contributed by atoms with Crippen molar-refractivity contribution < 1.29 is 23.8 Å². The summed E-state index contributed by atoms with van der Waals surface area (Å²) in [6, 6.07) is 2.91. The van der Waals surface area contributed by atoms with E-state index < -0.39 is 12.0 Å². The zero-order valence-corrected chi connectivity index (χ0v) is 21.0. The molecule has 4 heterocycles. The molecule has 3 unspecified atom stereocenters. The molecular formula is C28H28FN3O5. The average Bonchev–Trinajstić information content (AvgIpc) is 3.21. The standard InChI is InChI=1S/C28H28FN3O5/c1-4-14-16-8-22-26-17(10-32(22)27(35)18(16)11-37-28(14)36)25-20(30-23(34)7-12(2)33)6-5-15-13(3)19(29)9-21(31-26)24(15)25/h8-9,12,14,20,33H,4-7,10-11H2,1-3H3,(H,30,34). The molecule has 37 heavy (non-hydrogen) atoms. The topological polar surface area (TPSA) is 111 Å². The number of carbonyl (C=O) groups excluding carboxylic acids is 2. The van der Waals surface area contributed by atoms with Gasteiger partial charge >= 0.3 is 5.97 Å². The van der Waals surface area contributed by atoms with Crippen LogP contribution in [0.4, 0.5) is 4.39 Å². The summed E-state index contributed by atoms with van der Waals surface area (Å²) in [4.78, 5) is 43.5. The van der Waals surface area contributed by atoms with Crippen LogP contribution >= 0.6 is 0 Å². The number of carbonyl (C=O) groups is 2. The van der Waals surface area contributed by atoms with Crippen LogP contribution in [0.3, 0.4) is 0 Å². The third-order valence-electron chi connectivity index (χ3n) is 8.01. The van der Waals surface area contributed by atoms with Crippen molar-refractivity contribution in [3.05, 3.63) is 61.7 Å². The van der Waals surface area contributed by atoms with E-state index in [1.807, 2.05) is 13.0 Å². The number of fused-ring (bicyclic) bond motifs is 5. The summed E-state index contributed by atoms with van der Waals surface area (Å²) in [5.41, 5.74) is 5.66. The second kappa shape index (κ2) is 8.48. The van der Waals surface area contributed by atoms with E-state index in [4.69, 9.17) is 9.72 Å². The third-order valence-corrected chi connectivity index (χ3v) is 8.01. The first-order chi connectivity index (χ1) is 17.7. The highest BCUT2D eigenvalue weighted by Crippen LogP contribution is 2.45. The van der Waals surface area contributed by atoms with Crippen LogP contribution in [0, 0.1) is 12.7 Å². The Hall–Kier alpha value is -3.59. The molecule has 2 N–H and O–H groups in total. The van der Waals surface area contributed by atoms with Crippen LogP contribution in [0.15, 0.2) is 16.9 Å². The van der Waals surface area contributed by atoms with Gasteiger partial charge < -0.3 is 19.7 Å². The Kier molecular flexibility index (Phi) is 5.45. The number of amides is 1. The van der Waals surface area contributed by atoms with Crippen LogP contribution in [-0.2, 0) is 33.9 Å². The molecular weight excluding hydrogens is 477 g/mol. The van der Waals surface area contributed by atoms with Crippen LogP contribution in [0.25, 0.3) is 22.3 Å². The second-order valence-corrected chi connectivity index (χ2v) is 10.3. The predicted octanol–water partition coefficient (Wildman–Crippen LogP) is 3.30. The molecule has 6 rings (SSSR count). The van der Waals surface area contributed by atoms with Gasteiger partial charge in [-0.1, -0.05) is 6.92 Å². The first-order valence-corrected chi connectivity index (χ1v) is 12.7. The van der Waals surface area contributed by atoms with Gasteiger partial charge in [-0.05, 0) is 61.4 Å². The molecule has 192 valence electrons. The number of rotatable bonds is 4. The first kappa shape index (κ1) is 23.8. The van der Waals surface area contributed by atoms with Crippen LogP contribution in [0.5, 0.6) is 0 Å². The van der Waals surface area contributed by atoms with Crippen molar-refractivity contribution in [3.63, 3.8) is 0 Å². The number of aliphatic hydroxyl groups excluding tert-OH is 1. The smallest absolute Gasteiger partial charge is 0.313 e. The van der Waals surface area contributed by atoms with Crippen molar-refractivity contribution in [3.8, 4) is 11.4 Å². The van der Waals surface area contributed by atoms with E-state index in [0.29, 0.717) is 52.9 Å². The summed E-state index contributed by atoms with van der Waals surface area (Å²) in [5.74, 6) is -1.48. The molecule has 0 spiro atoms. The lowest BCUT2D eigenvalue weighted by Gasteiger charge is -2.30. The average molecular weight is 506 g/mol. The lowest BCUT2D eigenvalue weighted by Crippen LogP contribution is -2.33. The number of pyridine rings is 2. The number of aryl methyl sites for hydroxylation is 1. The predicted molar refractivity (Wildman–Crippen MR) is 134 cm³/mol. The van der Waals surface area contributed by atoms with Gasteiger partial charge in [0.05, 0.1) is 53.5 Å². The lowest BCUT2D eigenvalue weighted by molar-refractivity contribution is -0.148. The van der Waals surface area contributed by atoms with Crippen LogP contribution in [0.2, 0.25) is 0 Å². The monoisotopic (exact) mass is 505 g/mol. The summed E-state index contributed by atoms with van der Waals surface area (Å²) < 4.78 is 21.9. The quantitative estimate of drug-likeness (QED) is 0.412. The molecule has 8 nitrogen and oxygen atoms in total. The van der Waals surface area contributed by atoms with E-state index in [0.717, 1.165) is 22.1 Å². The molecule has 3 atom stereocenters. The molecule has 9 heteroatoms. The second-order valence-electron chi connectivity index (χ2n) is 10.3. The number of cyclic esters (lactones) is 1. The maximum absolute atomic E-state index is 14.9. The van der Waals surface area contributed by atoms with Gasteiger partial charge in [-0.2, -0.15) is 0 Å². The summed E-state index contributed by atoms with van der Waals surface area (Å²) >= 11 is 0. The molecule has 0 radical (unpaired) electrons. The summed E-state index contributed by atoms with van der Waals surface area (Å²) in [5, 5.41) is 13.6. The van der Waals surface area contributed by atoms with Crippen LogP contribution < -0.4 is 10.9 Å². The largest absolute Gasteiger partial charge is 0.460 e. The van der Waals surface area contributed by atoms with E-state index in [9.17, 15) is 23.9 Å². The van der Waals surface area contributed by atoms with Crippen molar-refractivity contribution in [2.45, 2.75) is 77.7 Å². The fourth-order valence-electron chi connectivity index (χ4n) is 6.24. The van der Waals surface area contributed by atoms with Crippen LogP contribution in [0.1, 0.15) is 78.5 Å². The van der Waals surface area contributed by atoms with Crippen molar-refractivity contribution in [1.82, 2.24) is 14.9 Å². The zero-order valence-electron chi connectivity index (χ0n) is 21.0. The summed E-state index contributed by atoms with van der Waals surface area (Å²) in [6.45, 7) is 5.39. The van der Waals surface area contributed by atoms with E-state index >= 15 is 0 Å². The highest BCUT2D eigenvalue weighted by Gasteiger charge is 2.37. The van der Waals surface area contributed by atoms with Gasteiger partial charge in [0.1, 0.15) is 12.4 Å². The molecule has 0 fully saturated rings. The third kappa shape index (κ3) is 3.51. The molecule has 3 aromatic rings. The molecule has 2 aromatic heterocycles. The Morgan fingerprint density at radius 3 is 2.81 bits per heavy atom. The van der Waals surface area contributed by atoms with Gasteiger partial charge in [0, 0.05) is 17.0 Å². The first-order valence-electron chi connectivity index (χ1n) is 12.7. The molecule has 1 aliphatic carbocycles. The van der Waals surface area contributed by atoms with Gasteiger partial charge in [0.2, 0.25) is 5.91 Å². The maximum atomic E-state index is 14.9. The molecule has 1 aromatic carbocycles. The highest BCUT2D eigenvalue weighted by molar-refractivity contribution is 5.93. The van der Waals surface area contributed by atoms with Gasteiger partial charge in [-0.25, -0.2) is 9.37 Å². The summed E-state index contributed by atoms with van der Waals surface area (Å²) in [6.07, 6.45) is 0.841. The Balaban J connectivity index is 1.60. The minimum atomic E-state index is -0.777. The summed E-state index contributed by atoms with van der Waals surface area (Å²) in [7, 11) is 0. The number of hydrogen-bond donors (Lipinski definition) is 2. The lowest BCUT2D eigenvalue weighted by atomic mass is 9.81. The molecule has 2 aliphatic heterocycles. The normalized spacial score (nSPS) is 20.2. The number of esters is 1. The van der Waals surface area contributed by atoms with Crippen molar-refractivity contribution in [2.24, 2.45) is 0 Å². The van der Waals surface area contributed by atoms with Crippen LogP contribution in [-0.4, -0.2) is 32.6 Å². The van der Waals surface area contributed by atoms with E-state index in [1.54, 1.807) is 18.4 Å². The molecule has 3 aliphatic rings.